The molecule has 3 aromatic heterocycles. The number of hydrogen-bond donors (Lipinski definition) is 2. The van der Waals surface area contributed by atoms with Crippen molar-refractivity contribution in [2.75, 3.05) is 6.54 Å². The zero-order valence-electron chi connectivity index (χ0n) is 10.9. The maximum Gasteiger partial charge on any atom is 0.290 e. The number of carbonyl (C=O) groups excluding carboxylic acids is 1. The van der Waals surface area contributed by atoms with E-state index in [1.165, 1.54) is 36.1 Å². The second-order valence-electron chi connectivity index (χ2n) is 4.41. The Morgan fingerprint density at radius 2 is 2.33 bits per heavy atom. The van der Waals surface area contributed by atoms with Gasteiger partial charge in [-0.25, -0.2) is 0 Å². The fraction of sp³-hybridized carbons (Fsp3) is 0.143. The van der Waals surface area contributed by atoms with Gasteiger partial charge in [0, 0.05) is 16.5 Å². The molecule has 3 rings (SSSR count). The van der Waals surface area contributed by atoms with E-state index >= 15 is 0 Å². The molecule has 21 heavy (non-hydrogen) atoms. The summed E-state index contributed by atoms with van der Waals surface area (Å²) in [4.78, 5) is 12.6. The van der Waals surface area contributed by atoms with Crippen molar-refractivity contribution in [1.29, 1.82) is 0 Å². The van der Waals surface area contributed by atoms with E-state index < -0.39 is 11.5 Å². The van der Waals surface area contributed by atoms with Crippen LogP contribution in [0.25, 0.3) is 0 Å². The maximum atomic E-state index is 11.9. The fourth-order valence-corrected chi connectivity index (χ4v) is 2.82. The van der Waals surface area contributed by atoms with E-state index in [0.29, 0.717) is 10.4 Å². The van der Waals surface area contributed by atoms with E-state index in [1.807, 2.05) is 11.4 Å². The first-order valence-electron chi connectivity index (χ1n) is 6.18. The summed E-state index contributed by atoms with van der Waals surface area (Å²) < 4.78 is 9.82. The molecule has 3 aromatic rings. The molecule has 108 valence electrons. The number of nitrogens with one attached hydrogen (secondary N) is 1. The molecule has 0 bridgehead atoms. The minimum Gasteiger partial charge on any atom is -0.472 e. The monoisotopic (exact) mass is 304 g/mol. The van der Waals surface area contributed by atoms with Crippen LogP contribution in [0, 0.1) is 0 Å². The zero-order chi connectivity index (χ0) is 14.7. The van der Waals surface area contributed by atoms with Crippen LogP contribution in [0.3, 0.4) is 0 Å². The van der Waals surface area contributed by atoms with Crippen molar-refractivity contribution in [2.45, 2.75) is 5.60 Å². The van der Waals surface area contributed by atoms with Gasteiger partial charge in [0.25, 0.3) is 5.91 Å². The first-order valence-corrected chi connectivity index (χ1v) is 7.06. The van der Waals surface area contributed by atoms with Crippen molar-refractivity contribution in [3.63, 3.8) is 0 Å². The lowest BCUT2D eigenvalue weighted by molar-refractivity contribution is 0.0695. The Morgan fingerprint density at radius 1 is 1.43 bits per heavy atom. The molecule has 7 heteroatoms. The van der Waals surface area contributed by atoms with E-state index in [0.717, 1.165) is 0 Å². The number of nitrogens with zero attached hydrogens (tertiary/aromatic N) is 1. The lowest BCUT2D eigenvalue weighted by Crippen LogP contribution is -2.40. The van der Waals surface area contributed by atoms with Crippen LogP contribution in [0.5, 0.6) is 0 Å². The number of rotatable bonds is 5. The Kier molecular flexibility index (Phi) is 3.59. The highest BCUT2D eigenvalue weighted by atomic mass is 32.1. The average molecular weight is 304 g/mol. The van der Waals surface area contributed by atoms with E-state index in [1.54, 1.807) is 12.1 Å². The molecular weight excluding hydrogens is 292 g/mol. The van der Waals surface area contributed by atoms with Crippen LogP contribution in [-0.4, -0.2) is 22.7 Å². The molecule has 0 aliphatic carbocycles. The van der Waals surface area contributed by atoms with Crippen LogP contribution in [0.2, 0.25) is 0 Å². The van der Waals surface area contributed by atoms with E-state index in [9.17, 15) is 9.90 Å². The van der Waals surface area contributed by atoms with Crippen LogP contribution in [-0.2, 0) is 5.60 Å². The number of aliphatic hydroxyl groups is 1. The molecule has 6 nitrogen and oxygen atoms in total. The van der Waals surface area contributed by atoms with Crippen molar-refractivity contribution >= 4 is 17.2 Å². The summed E-state index contributed by atoms with van der Waals surface area (Å²) in [5, 5.41) is 18.9. The van der Waals surface area contributed by atoms with Gasteiger partial charge in [0.05, 0.1) is 25.3 Å². The van der Waals surface area contributed by atoms with Gasteiger partial charge in [-0.2, -0.15) is 0 Å². The number of furan rings is 1. The summed E-state index contributed by atoms with van der Waals surface area (Å²) in [6.45, 7) is -0.00736. The standard InChI is InChI=1S/C14H12N2O4S/c17-13(11-3-5-16-20-11)15-9-14(18,10-4-6-19-8-10)12-2-1-7-21-12/h1-8,18H,9H2,(H,15,17)/t14-/m1/s1. The molecule has 0 aliphatic heterocycles. The molecule has 2 N–H and O–H groups in total. The summed E-state index contributed by atoms with van der Waals surface area (Å²) in [6, 6.07) is 6.76. The highest BCUT2D eigenvalue weighted by molar-refractivity contribution is 7.10. The van der Waals surface area contributed by atoms with Crippen molar-refractivity contribution < 1.29 is 18.8 Å². The van der Waals surface area contributed by atoms with Crippen LogP contribution in [0.1, 0.15) is 21.0 Å². The van der Waals surface area contributed by atoms with Gasteiger partial charge >= 0.3 is 0 Å². The molecule has 0 spiro atoms. The minimum absolute atomic E-state index is 0.00736. The Balaban J connectivity index is 1.83. The molecule has 0 saturated carbocycles. The highest BCUT2D eigenvalue weighted by Gasteiger charge is 2.34. The molecule has 1 atom stereocenters. The Labute approximate surface area is 124 Å². The molecule has 0 aromatic carbocycles. The quantitative estimate of drug-likeness (QED) is 0.752. The van der Waals surface area contributed by atoms with Gasteiger partial charge in [0.2, 0.25) is 5.76 Å². The van der Waals surface area contributed by atoms with Gasteiger partial charge in [-0.05, 0) is 17.5 Å². The molecule has 3 heterocycles. The van der Waals surface area contributed by atoms with E-state index in [-0.39, 0.29) is 12.3 Å². The third-order valence-electron chi connectivity index (χ3n) is 3.09. The fourth-order valence-electron chi connectivity index (χ4n) is 1.97. The van der Waals surface area contributed by atoms with Crippen molar-refractivity contribution in [2.24, 2.45) is 0 Å². The highest BCUT2D eigenvalue weighted by Crippen LogP contribution is 2.32. The van der Waals surface area contributed by atoms with Crippen molar-refractivity contribution in [1.82, 2.24) is 10.5 Å². The predicted octanol–water partition coefficient (Wildman–Crippen LogP) is 1.99. The second-order valence-corrected chi connectivity index (χ2v) is 5.36. The second kappa shape index (κ2) is 5.55. The van der Waals surface area contributed by atoms with Crippen LogP contribution in [0.4, 0.5) is 0 Å². The number of carbonyl (C=O) groups is 1. The Bertz CT molecular complexity index is 655. The van der Waals surface area contributed by atoms with Crippen molar-refractivity contribution in [3.8, 4) is 0 Å². The van der Waals surface area contributed by atoms with Gasteiger partial charge in [0.1, 0.15) is 5.60 Å². The van der Waals surface area contributed by atoms with Crippen LogP contribution >= 0.6 is 11.3 Å². The van der Waals surface area contributed by atoms with E-state index in [2.05, 4.69) is 10.5 Å². The SMILES string of the molecule is O=C(NC[C@@](O)(c1ccoc1)c1cccs1)c1ccno1. The Hall–Kier alpha value is -2.38. The Morgan fingerprint density at radius 3 is 2.95 bits per heavy atom. The number of hydrogen-bond acceptors (Lipinski definition) is 6. The zero-order valence-corrected chi connectivity index (χ0v) is 11.7. The molecule has 0 saturated heterocycles. The number of aromatic nitrogens is 1. The van der Waals surface area contributed by atoms with Gasteiger partial charge < -0.3 is 19.4 Å². The summed E-state index contributed by atoms with van der Waals surface area (Å²) in [5.41, 5.74) is -0.778. The normalized spacial score (nSPS) is 13.8. The third kappa shape index (κ3) is 2.61. The number of thiophene rings is 1. The third-order valence-corrected chi connectivity index (χ3v) is 4.11. The first-order chi connectivity index (χ1) is 10.2. The molecule has 0 aliphatic rings. The average Bonchev–Trinajstić information content (AvgIpc) is 3.27. The largest absolute Gasteiger partial charge is 0.472 e. The van der Waals surface area contributed by atoms with Gasteiger partial charge in [0.15, 0.2) is 0 Å². The first kappa shape index (κ1) is 13.6. The number of amides is 1. The summed E-state index contributed by atoms with van der Waals surface area (Å²) >= 11 is 1.40. The maximum absolute atomic E-state index is 11.9. The smallest absolute Gasteiger partial charge is 0.290 e. The van der Waals surface area contributed by atoms with Gasteiger partial charge in [-0.15, -0.1) is 11.3 Å². The summed E-state index contributed by atoms with van der Waals surface area (Å²) in [7, 11) is 0. The molecular formula is C14H12N2O4S. The topological polar surface area (TPSA) is 88.5 Å². The van der Waals surface area contributed by atoms with Gasteiger partial charge in [-0.1, -0.05) is 11.2 Å². The van der Waals surface area contributed by atoms with E-state index in [4.69, 9.17) is 8.94 Å². The minimum atomic E-state index is -1.35. The predicted molar refractivity (Wildman–Crippen MR) is 74.9 cm³/mol. The van der Waals surface area contributed by atoms with Crippen LogP contribution < -0.4 is 5.32 Å². The lowest BCUT2D eigenvalue weighted by Gasteiger charge is -2.26. The van der Waals surface area contributed by atoms with Gasteiger partial charge in [-0.3, -0.25) is 4.79 Å². The van der Waals surface area contributed by atoms with Crippen LogP contribution in [0.15, 0.2) is 57.3 Å². The summed E-state index contributed by atoms with van der Waals surface area (Å²) in [6.07, 6.45) is 4.32. The van der Waals surface area contributed by atoms with Crippen molar-refractivity contribution in [3.05, 3.63) is 64.6 Å². The summed E-state index contributed by atoms with van der Waals surface area (Å²) in [5.74, 6) is -0.346. The molecule has 0 unspecified atom stereocenters. The molecule has 0 fully saturated rings. The molecule has 0 radical (unpaired) electrons. The lowest BCUT2D eigenvalue weighted by atomic mass is 9.94. The molecule has 1 amide bonds.